The molecule has 1 amide bonds. The highest BCUT2D eigenvalue weighted by Gasteiger charge is 2.48. The molecule has 2 aliphatic heterocycles. The summed E-state index contributed by atoms with van der Waals surface area (Å²) in [5.41, 5.74) is 5.19. The summed E-state index contributed by atoms with van der Waals surface area (Å²) in [5.74, 6) is 0.00767. The third kappa shape index (κ3) is 4.16. The number of amides is 1. The van der Waals surface area contributed by atoms with E-state index in [0.29, 0.717) is 12.8 Å². The molecule has 2 heterocycles. The zero-order valence-electron chi connectivity index (χ0n) is 20.4. The maximum absolute atomic E-state index is 13.1. The van der Waals surface area contributed by atoms with Gasteiger partial charge < -0.3 is 10.1 Å². The van der Waals surface area contributed by atoms with E-state index in [2.05, 4.69) is 64.8 Å². The molecular weight excluding hydrogens is 446 g/mol. The van der Waals surface area contributed by atoms with E-state index in [9.17, 15) is 10.1 Å². The number of alkyl carbamates (subject to hydrolysis) is 1. The molecule has 3 aliphatic rings. The molecule has 5 heteroatoms. The van der Waals surface area contributed by atoms with Gasteiger partial charge in [0, 0.05) is 24.5 Å². The Balaban J connectivity index is 1.14. The van der Waals surface area contributed by atoms with Crippen LogP contribution in [0.4, 0.5) is 4.79 Å². The minimum absolute atomic E-state index is 0.00767. The molecule has 2 saturated heterocycles. The molecule has 2 unspecified atom stereocenters. The first-order valence-corrected chi connectivity index (χ1v) is 13.0. The maximum Gasteiger partial charge on any atom is 0.408 e. The van der Waals surface area contributed by atoms with Crippen molar-refractivity contribution in [1.29, 1.82) is 5.26 Å². The molecule has 0 spiro atoms. The normalized spacial score (nSPS) is 24.9. The number of benzene rings is 3. The molecule has 0 saturated carbocycles. The van der Waals surface area contributed by atoms with Gasteiger partial charge in [-0.3, -0.25) is 4.90 Å². The average molecular weight is 478 g/mol. The second-order valence-corrected chi connectivity index (χ2v) is 10.4. The lowest BCUT2D eigenvalue weighted by atomic mass is 9.74. The minimum atomic E-state index is -0.883. The van der Waals surface area contributed by atoms with Crippen LogP contribution < -0.4 is 5.32 Å². The quantitative estimate of drug-likeness (QED) is 0.489. The maximum atomic E-state index is 13.1. The van der Waals surface area contributed by atoms with Crippen molar-refractivity contribution in [2.75, 3.05) is 6.61 Å². The smallest absolute Gasteiger partial charge is 0.408 e. The van der Waals surface area contributed by atoms with Crippen LogP contribution in [0.3, 0.4) is 0 Å². The van der Waals surface area contributed by atoms with Crippen LogP contribution in [0.25, 0.3) is 11.1 Å². The number of nitrogens with one attached hydrogen (secondary N) is 1. The van der Waals surface area contributed by atoms with Gasteiger partial charge in [0.25, 0.3) is 0 Å². The Hall–Kier alpha value is -3.62. The minimum Gasteiger partial charge on any atom is -0.449 e. The molecule has 2 fully saturated rings. The first-order chi connectivity index (χ1) is 17.7. The van der Waals surface area contributed by atoms with Gasteiger partial charge in [-0.1, -0.05) is 85.3 Å². The molecular formula is C31H31N3O2. The van der Waals surface area contributed by atoms with E-state index in [0.717, 1.165) is 19.4 Å². The Morgan fingerprint density at radius 1 is 0.917 bits per heavy atom. The van der Waals surface area contributed by atoms with Gasteiger partial charge in [0.15, 0.2) is 0 Å². The number of hydrogen-bond donors (Lipinski definition) is 1. The van der Waals surface area contributed by atoms with Gasteiger partial charge in [0.2, 0.25) is 0 Å². The highest BCUT2D eigenvalue weighted by molar-refractivity contribution is 5.79. The van der Waals surface area contributed by atoms with E-state index in [-0.39, 0.29) is 24.6 Å². The van der Waals surface area contributed by atoms with Crippen LogP contribution in [-0.4, -0.2) is 35.2 Å². The number of carbonyl (C=O) groups excluding carboxylic acids is 1. The molecule has 2 atom stereocenters. The lowest BCUT2D eigenvalue weighted by Gasteiger charge is -2.51. The van der Waals surface area contributed by atoms with Crippen LogP contribution in [-0.2, 0) is 11.3 Å². The van der Waals surface area contributed by atoms with E-state index in [1.165, 1.54) is 34.2 Å². The summed E-state index contributed by atoms with van der Waals surface area (Å²) in [5, 5.41) is 13.2. The van der Waals surface area contributed by atoms with Crippen LogP contribution in [0.2, 0.25) is 0 Å². The number of nitrogens with zero attached hydrogens (tertiary/aromatic N) is 2. The predicted octanol–water partition coefficient (Wildman–Crippen LogP) is 6.00. The van der Waals surface area contributed by atoms with E-state index in [1.807, 2.05) is 30.3 Å². The van der Waals surface area contributed by atoms with E-state index >= 15 is 0 Å². The fraction of sp³-hybridized carbons (Fsp3) is 0.355. The van der Waals surface area contributed by atoms with Crippen LogP contribution >= 0.6 is 0 Å². The Morgan fingerprint density at radius 2 is 1.50 bits per heavy atom. The largest absolute Gasteiger partial charge is 0.449 e. The van der Waals surface area contributed by atoms with Crippen molar-refractivity contribution in [3.8, 4) is 17.2 Å². The molecule has 5 nitrogen and oxygen atoms in total. The van der Waals surface area contributed by atoms with Crippen molar-refractivity contribution >= 4 is 6.09 Å². The Morgan fingerprint density at radius 3 is 2.11 bits per heavy atom. The topological polar surface area (TPSA) is 65.4 Å². The summed E-state index contributed by atoms with van der Waals surface area (Å²) in [7, 11) is 0. The Kier molecular flexibility index (Phi) is 5.99. The summed E-state index contributed by atoms with van der Waals surface area (Å²) >= 11 is 0. The van der Waals surface area contributed by atoms with Crippen molar-refractivity contribution in [3.63, 3.8) is 0 Å². The third-order valence-electron chi connectivity index (χ3n) is 8.29. The number of fused-ring (bicyclic) bond motifs is 5. The first-order valence-electron chi connectivity index (χ1n) is 13.0. The van der Waals surface area contributed by atoms with Crippen molar-refractivity contribution in [1.82, 2.24) is 10.2 Å². The molecule has 0 radical (unpaired) electrons. The summed E-state index contributed by atoms with van der Waals surface area (Å²) in [6.07, 6.45) is 4.06. The van der Waals surface area contributed by atoms with Gasteiger partial charge in [-0.05, 0) is 53.5 Å². The molecule has 6 rings (SSSR count). The highest BCUT2D eigenvalue weighted by atomic mass is 16.5. The molecule has 0 aromatic heterocycles. The zero-order chi connectivity index (χ0) is 24.5. The second kappa shape index (κ2) is 9.44. The fourth-order valence-electron chi connectivity index (χ4n) is 6.65. The number of piperidine rings is 2. The third-order valence-corrected chi connectivity index (χ3v) is 8.29. The van der Waals surface area contributed by atoms with Crippen molar-refractivity contribution in [3.05, 3.63) is 95.6 Å². The second-order valence-electron chi connectivity index (χ2n) is 10.4. The number of ether oxygens (including phenoxy) is 1. The van der Waals surface area contributed by atoms with Crippen LogP contribution in [0.15, 0.2) is 78.9 Å². The Labute approximate surface area is 212 Å². The number of hydrogen-bond acceptors (Lipinski definition) is 4. The van der Waals surface area contributed by atoms with Crippen LogP contribution in [0.1, 0.15) is 54.7 Å². The number of carbonyl (C=O) groups is 1. The van der Waals surface area contributed by atoms with Gasteiger partial charge in [-0.25, -0.2) is 4.79 Å². The summed E-state index contributed by atoms with van der Waals surface area (Å²) < 4.78 is 5.80. The van der Waals surface area contributed by atoms with Crippen LogP contribution in [0, 0.1) is 11.3 Å². The first kappa shape index (κ1) is 22.8. The molecule has 1 N–H and O–H groups in total. The fourth-order valence-corrected chi connectivity index (χ4v) is 6.65. The monoisotopic (exact) mass is 477 g/mol. The van der Waals surface area contributed by atoms with Crippen molar-refractivity contribution in [2.45, 2.75) is 62.2 Å². The van der Waals surface area contributed by atoms with Crippen LogP contribution in [0.5, 0.6) is 0 Å². The van der Waals surface area contributed by atoms with Gasteiger partial charge in [-0.2, -0.15) is 5.26 Å². The van der Waals surface area contributed by atoms with Gasteiger partial charge >= 0.3 is 6.09 Å². The van der Waals surface area contributed by atoms with Gasteiger partial charge in [-0.15, -0.1) is 0 Å². The highest BCUT2D eigenvalue weighted by Crippen LogP contribution is 2.45. The lowest BCUT2D eigenvalue weighted by Crippen LogP contribution is -2.62. The summed E-state index contributed by atoms with van der Waals surface area (Å²) in [4.78, 5) is 15.6. The van der Waals surface area contributed by atoms with E-state index in [4.69, 9.17) is 4.74 Å². The standard InChI is InChI=1S/C31H31N3O2/c32-21-31(17-23-11-8-12-24(18-31)34(23)19-22-9-2-1-3-10-22)33-30(35)36-20-29-27-15-6-4-13-25(27)26-14-5-7-16-28(26)29/h1-7,9-10,13-16,23-24,29H,8,11-12,17-20H2,(H,33,35). The van der Waals surface area contributed by atoms with Crippen molar-refractivity contribution in [2.24, 2.45) is 0 Å². The molecule has 3 aromatic rings. The van der Waals surface area contributed by atoms with Gasteiger partial charge in [0.05, 0.1) is 6.07 Å². The van der Waals surface area contributed by atoms with Crippen molar-refractivity contribution < 1.29 is 9.53 Å². The summed E-state index contributed by atoms with van der Waals surface area (Å²) in [6.45, 7) is 1.15. The lowest BCUT2D eigenvalue weighted by molar-refractivity contribution is 0.000325. The Bertz CT molecular complexity index is 1240. The number of nitriles is 1. The van der Waals surface area contributed by atoms with E-state index in [1.54, 1.807) is 0 Å². The predicted molar refractivity (Wildman–Crippen MR) is 139 cm³/mol. The molecule has 182 valence electrons. The average Bonchev–Trinajstić information content (AvgIpc) is 3.22. The zero-order valence-corrected chi connectivity index (χ0v) is 20.4. The number of rotatable bonds is 5. The molecule has 1 aliphatic carbocycles. The van der Waals surface area contributed by atoms with Gasteiger partial charge in [0.1, 0.15) is 12.1 Å². The SMILES string of the molecule is N#CC1(NC(=O)OCC2c3ccccc3-c3ccccc32)CC2CCCC(C1)N2Cc1ccccc1. The molecule has 3 aromatic carbocycles. The summed E-state index contributed by atoms with van der Waals surface area (Å²) in [6, 6.07) is 30.2. The molecule has 2 bridgehead atoms. The van der Waals surface area contributed by atoms with E-state index < -0.39 is 11.6 Å². The molecule has 36 heavy (non-hydrogen) atoms.